The molecule has 2 N–H and O–H groups in total. The molecule has 0 spiro atoms. The monoisotopic (exact) mass is 223 g/mol. The molecule has 0 aromatic carbocycles. The van der Waals surface area contributed by atoms with E-state index < -0.39 is 0 Å². The quantitative estimate of drug-likeness (QED) is 0.800. The summed E-state index contributed by atoms with van der Waals surface area (Å²) < 4.78 is 0. The first kappa shape index (κ1) is 9.85. The molecular formula is C9H9N3O2S. The first-order valence-electron chi connectivity index (χ1n) is 4.44. The van der Waals surface area contributed by atoms with E-state index in [9.17, 15) is 4.79 Å². The predicted molar refractivity (Wildman–Crippen MR) is 57.0 cm³/mol. The molecule has 15 heavy (non-hydrogen) atoms. The topological polar surface area (TPSA) is 78.9 Å². The molecule has 0 bridgehead atoms. The first-order chi connectivity index (χ1) is 7.19. The number of thiazole rings is 1. The molecule has 2 heterocycles. The summed E-state index contributed by atoms with van der Waals surface area (Å²) in [5.74, 6) is 0.0201. The van der Waals surface area contributed by atoms with Gasteiger partial charge in [-0.25, -0.2) is 4.98 Å². The van der Waals surface area contributed by atoms with Gasteiger partial charge in [0.25, 0.3) is 5.56 Å². The van der Waals surface area contributed by atoms with E-state index in [4.69, 9.17) is 5.11 Å². The summed E-state index contributed by atoms with van der Waals surface area (Å²) in [4.78, 5) is 21.7. The average Bonchev–Trinajstić information content (AvgIpc) is 2.64. The number of aromatic amines is 1. The van der Waals surface area contributed by atoms with Gasteiger partial charge in [-0.15, -0.1) is 11.3 Å². The molecule has 0 aliphatic carbocycles. The van der Waals surface area contributed by atoms with Crippen LogP contribution in [0.15, 0.2) is 16.2 Å². The average molecular weight is 223 g/mol. The Kier molecular flexibility index (Phi) is 2.51. The third-order valence-electron chi connectivity index (χ3n) is 1.84. The van der Waals surface area contributed by atoms with Crippen molar-refractivity contribution in [3.8, 4) is 16.7 Å². The van der Waals surface area contributed by atoms with Crippen LogP contribution in [0.1, 0.15) is 12.6 Å². The fourth-order valence-corrected chi connectivity index (χ4v) is 1.97. The Labute approximate surface area is 89.5 Å². The van der Waals surface area contributed by atoms with Crippen molar-refractivity contribution in [2.75, 3.05) is 0 Å². The number of nitrogens with one attached hydrogen (secondary N) is 1. The molecule has 6 heteroatoms. The van der Waals surface area contributed by atoms with Gasteiger partial charge in [-0.2, -0.15) is 4.98 Å². The van der Waals surface area contributed by atoms with Crippen molar-refractivity contribution in [1.29, 1.82) is 0 Å². The van der Waals surface area contributed by atoms with E-state index in [2.05, 4.69) is 15.0 Å². The highest BCUT2D eigenvalue weighted by atomic mass is 32.1. The highest BCUT2D eigenvalue weighted by Crippen LogP contribution is 2.20. The van der Waals surface area contributed by atoms with Crippen molar-refractivity contribution >= 4 is 11.3 Å². The van der Waals surface area contributed by atoms with Crippen LogP contribution in [0.4, 0.5) is 0 Å². The van der Waals surface area contributed by atoms with Crippen LogP contribution in [-0.4, -0.2) is 20.1 Å². The van der Waals surface area contributed by atoms with E-state index >= 15 is 0 Å². The number of H-pyrrole nitrogens is 1. The van der Waals surface area contributed by atoms with Gasteiger partial charge in [-0.3, -0.25) is 4.79 Å². The molecule has 0 aliphatic heterocycles. The summed E-state index contributed by atoms with van der Waals surface area (Å²) in [5, 5.41) is 11.7. The Morgan fingerprint density at radius 1 is 1.53 bits per heavy atom. The highest BCUT2D eigenvalue weighted by molar-refractivity contribution is 7.13. The lowest BCUT2D eigenvalue weighted by molar-refractivity contribution is 0.452. The van der Waals surface area contributed by atoms with E-state index in [1.165, 1.54) is 11.3 Å². The first-order valence-corrected chi connectivity index (χ1v) is 5.32. The molecule has 0 atom stereocenters. The summed E-state index contributed by atoms with van der Waals surface area (Å²) >= 11 is 1.39. The van der Waals surface area contributed by atoms with Crippen molar-refractivity contribution in [3.63, 3.8) is 0 Å². The number of aromatic nitrogens is 3. The van der Waals surface area contributed by atoms with Gasteiger partial charge in [0.2, 0.25) is 5.88 Å². The summed E-state index contributed by atoms with van der Waals surface area (Å²) in [6.07, 6.45) is 0.833. The minimum Gasteiger partial charge on any atom is -0.493 e. The Hall–Kier alpha value is -1.69. The van der Waals surface area contributed by atoms with Gasteiger partial charge >= 0.3 is 0 Å². The molecule has 0 radical (unpaired) electrons. The number of hydrogen-bond donors (Lipinski definition) is 2. The number of aryl methyl sites for hydroxylation is 1. The maximum atomic E-state index is 11.1. The van der Waals surface area contributed by atoms with E-state index in [-0.39, 0.29) is 11.4 Å². The number of rotatable bonds is 2. The lowest BCUT2D eigenvalue weighted by Gasteiger charge is -1.95. The molecular weight excluding hydrogens is 214 g/mol. The zero-order valence-corrected chi connectivity index (χ0v) is 8.84. The minimum absolute atomic E-state index is 0.290. The van der Waals surface area contributed by atoms with E-state index in [0.29, 0.717) is 10.8 Å². The Morgan fingerprint density at radius 3 is 2.93 bits per heavy atom. The summed E-state index contributed by atoms with van der Waals surface area (Å²) in [5.41, 5.74) is 0.562. The smallest absolute Gasteiger partial charge is 0.255 e. The molecule has 0 amide bonds. The van der Waals surface area contributed by atoms with E-state index in [0.717, 1.165) is 18.2 Å². The normalized spacial score (nSPS) is 10.5. The summed E-state index contributed by atoms with van der Waals surface area (Å²) in [6.45, 7) is 2.00. The Balaban J connectivity index is 2.48. The third-order valence-corrected chi connectivity index (χ3v) is 2.74. The van der Waals surface area contributed by atoms with Gasteiger partial charge in [0.05, 0.1) is 11.8 Å². The summed E-state index contributed by atoms with van der Waals surface area (Å²) in [7, 11) is 0. The van der Waals surface area contributed by atoms with Crippen molar-refractivity contribution < 1.29 is 5.11 Å². The van der Waals surface area contributed by atoms with Gasteiger partial charge in [0.15, 0.2) is 10.8 Å². The van der Waals surface area contributed by atoms with Crippen LogP contribution in [0, 0.1) is 0 Å². The van der Waals surface area contributed by atoms with Crippen molar-refractivity contribution in [1.82, 2.24) is 15.0 Å². The zero-order valence-electron chi connectivity index (χ0n) is 8.02. The van der Waals surface area contributed by atoms with Gasteiger partial charge in [0.1, 0.15) is 0 Å². The number of nitrogens with zero attached hydrogens (tertiary/aromatic N) is 2. The molecule has 0 unspecified atom stereocenters. The number of aromatic hydroxyl groups is 1. The Bertz CT molecular complexity index is 532. The van der Waals surface area contributed by atoms with Crippen molar-refractivity contribution in [2.45, 2.75) is 13.3 Å². The van der Waals surface area contributed by atoms with Crippen LogP contribution >= 0.6 is 11.3 Å². The molecule has 78 valence electrons. The summed E-state index contributed by atoms with van der Waals surface area (Å²) in [6, 6.07) is 1.03. The molecule has 2 aromatic heterocycles. The van der Waals surface area contributed by atoms with Crippen molar-refractivity contribution in [3.05, 3.63) is 27.5 Å². The molecule has 0 aliphatic rings. The second-order valence-electron chi connectivity index (χ2n) is 2.95. The van der Waals surface area contributed by atoms with Crippen molar-refractivity contribution in [2.24, 2.45) is 0 Å². The fourth-order valence-electron chi connectivity index (χ4n) is 1.12. The highest BCUT2D eigenvalue weighted by Gasteiger charge is 2.07. The van der Waals surface area contributed by atoms with Crippen LogP contribution in [0.25, 0.3) is 10.8 Å². The third kappa shape index (κ3) is 2.04. The van der Waals surface area contributed by atoms with Crippen LogP contribution in [0.5, 0.6) is 5.88 Å². The number of hydrogen-bond acceptors (Lipinski definition) is 5. The van der Waals surface area contributed by atoms with E-state index in [1.54, 1.807) is 0 Å². The van der Waals surface area contributed by atoms with Gasteiger partial charge in [0, 0.05) is 5.38 Å². The fraction of sp³-hybridized carbons (Fsp3) is 0.222. The SMILES string of the molecule is CCc1csc(-c2nc(O)cc(=O)[nH]2)n1. The van der Waals surface area contributed by atoms with Gasteiger partial charge < -0.3 is 10.1 Å². The lowest BCUT2D eigenvalue weighted by atomic mass is 10.4. The zero-order chi connectivity index (χ0) is 10.8. The maximum Gasteiger partial charge on any atom is 0.255 e. The maximum absolute atomic E-state index is 11.1. The molecule has 0 saturated heterocycles. The largest absolute Gasteiger partial charge is 0.493 e. The Morgan fingerprint density at radius 2 is 2.33 bits per heavy atom. The molecule has 0 fully saturated rings. The predicted octanol–water partition coefficient (Wildman–Crippen LogP) is 1.16. The van der Waals surface area contributed by atoms with Crippen LogP contribution in [0.3, 0.4) is 0 Å². The van der Waals surface area contributed by atoms with Crippen LogP contribution in [0.2, 0.25) is 0 Å². The minimum atomic E-state index is -0.384. The molecule has 2 rings (SSSR count). The van der Waals surface area contributed by atoms with Gasteiger partial charge in [-0.1, -0.05) is 6.92 Å². The van der Waals surface area contributed by atoms with Crippen LogP contribution in [-0.2, 0) is 6.42 Å². The van der Waals surface area contributed by atoms with Crippen LogP contribution < -0.4 is 5.56 Å². The standard InChI is InChI=1S/C9H9N3O2S/c1-2-5-4-15-9(10-5)8-11-6(13)3-7(14)12-8/h3-4H,2H2,1H3,(H2,11,12,13,14). The second-order valence-corrected chi connectivity index (χ2v) is 3.81. The molecule has 0 saturated carbocycles. The molecule has 5 nitrogen and oxygen atoms in total. The van der Waals surface area contributed by atoms with E-state index in [1.807, 2.05) is 12.3 Å². The van der Waals surface area contributed by atoms with Gasteiger partial charge in [-0.05, 0) is 6.42 Å². The lowest BCUT2D eigenvalue weighted by Crippen LogP contribution is -2.06. The molecule has 2 aromatic rings. The second kappa shape index (κ2) is 3.82.